The van der Waals surface area contributed by atoms with E-state index in [2.05, 4.69) is 89.4 Å². The van der Waals surface area contributed by atoms with Gasteiger partial charge in [0, 0.05) is 0 Å². The van der Waals surface area contributed by atoms with Crippen molar-refractivity contribution >= 4 is 0 Å². The summed E-state index contributed by atoms with van der Waals surface area (Å²) < 4.78 is 11.9. The fourth-order valence-electron chi connectivity index (χ4n) is 4.48. The van der Waals surface area contributed by atoms with E-state index in [1.165, 1.54) is 33.4 Å². The number of hydrogen-bond acceptors (Lipinski definition) is 2. The van der Waals surface area contributed by atoms with Crippen molar-refractivity contribution in [2.45, 2.75) is 71.4 Å². The molecular weight excluding hydrogens is 380 g/mol. The van der Waals surface area contributed by atoms with E-state index in [0.29, 0.717) is 11.8 Å². The molecule has 0 N–H and O–H groups in total. The van der Waals surface area contributed by atoms with Gasteiger partial charge >= 0.3 is 0 Å². The van der Waals surface area contributed by atoms with Gasteiger partial charge in [0.25, 0.3) is 0 Å². The monoisotopic (exact) mass is 416 g/mol. The van der Waals surface area contributed by atoms with Gasteiger partial charge in [-0.2, -0.15) is 0 Å². The van der Waals surface area contributed by atoms with Crippen molar-refractivity contribution in [2.24, 2.45) is 11.8 Å². The number of aryl methyl sites for hydroxylation is 2. The van der Waals surface area contributed by atoms with Gasteiger partial charge in [-0.3, -0.25) is 0 Å². The van der Waals surface area contributed by atoms with Crippen LogP contribution in [0.2, 0.25) is 0 Å². The summed E-state index contributed by atoms with van der Waals surface area (Å²) in [5.74, 6) is 0.922. The van der Waals surface area contributed by atoms with E-state index in [9.17, 15) is 0 Å². The minimum absolute atomic E-state index is 0.239. The minimum Gasteiger partial charge on any atom is -0.364 e. The maximum atomic E-state index is 5.94. The molecule has 2 aromatic rings. The number of rotatable bonds is 10. The number of hydrogen-bond donors (Lipinski definition) is 0. The molecule has 164 valence electrons. The smallest absolute Gasteiger partial charge is 0.109 e. The van der Waals surface area contributed by atoms with Crippen molar-refractivity contribution in [3.8, 4) is 0 Å². The largest absolute Gasteiger partial charge is 0.364 e. The highest BCUT2D eigenvalue weighted by atomic mass is 16.6. The normalized spacial score (nSPS) is 26.2. The number of ether oxygens (including phenoxy) is 2. The molecule has 31 heavy (non-hydrogen) atoms. The zero-order valence-corrected chi connectivity index (χ0v) is 19.4. The quantitative estimate of drug-likeness (QED) is 0.297. The molecular formula is C29H36O2. The lowest BCUT2D eigenvalue weighted by atomic mass is 9.84. The van der Waals surface area contributed by atoms with E-state index in [4.69, 9.17) is 9.47 Å². The Hall–Kier alpha value is -2.16. The van der Waals surface area contributed by atoms with Crippen LogP contribution in [0.4, 0.5) is 0 Å². The molecule has 2 aromatic carbocycles. The molecule has 6 atom stereocenters. The second-order valence-electron chi connectivity index (χ2n) is 9.77. The third kappa shape index (κ3) is 5.56. The molecule has 0 aliphatic carbocycles. The first-order valence-corrected chi connectivity index (χ1v) is 11.6. The molecule has 0 amide bonds. The van der Waals surface area contributed by atoms with Crippen LogP contribution in [0.3, 0.4) is 0 Å². The van der Waals surface area contributed by atoms with Crippen molar-refractivity contribution in [1.82, 2.24) is 0 Å². The maximum absolute atomic E-state index is 5.94. The van der Waals surface area contributed by atoms with Crippen molar-refractivity contribution in [2.75, 3.05) is 0 Å². The molecule has 2 saturated heterocycles. The lowest BCUT2D eigenvalue weighted by molar-refractivity contribution is 0.361. The highest BCUT2D eigenvalue weighted by Crippen LogP contribution is 2.45. The van der Waals surface area contributed by atoms with Gasteiger partial charge in [0.2, 0.25) is 0 Å². The Morgan fingerprint density at radius 2 is 1.06 bits per heavy atom. The van der Waals surface area contributed by atoms with E-state index in [-0.39, 0.29) is 24.4 Å². The Bertz CT molecular complexity index is 847. The molecule has 0 bridgehead atoms. The van der Waals surface area contributed by atoms with Crippen LogP contribution < -0.4 is 0 Å². The summed E-state index contributed by atoms with van der Waals surface area (Å²) >= 11 is 0. The van der Waals surface area contributed by atoms with Crippen LogP contribution in [-0.4, -0.2) is 12.2 Å². The Morgan fingerprint density at radius 1 is 0.710 bits per heavy atom. The van der Waals surface area contributed by atoms with Gasteiger partial charge in [-0.1, -0.05) is 97.8 Å². The van der Waals surface area contributed by atoms with Gasteiger partial charge in [-0.05, 0) is 56.1 Å². The molecule has 0 unspecified atom stereocenters. The lowest BCUT2D eigenvalue weighted by Gasteiger charge is -2.21. The summed E-state index contributed by atoms with van der Waals surface area (Å²) in [4.78, 5) is 0. The summed E-state index contributed by atoms with van der Waals surface area (Å²) in [5, 5.41) is 0. The van der Waals surface area contributed by atoms with E-state index >= 15 is 0 Å². The van der Waals surface area contributed by atoms with Gasteiger partial charge in [0.05, 0.1) is 12.2 Å². The van der Waals surface area contributed by atoms with Crippen molar-refractivity contribution in [3.05, 3.63) is 95.1 Å². The third-order valence-corrected chi connectivity index (χ3v) is 7.00. The molecule has 2 heteroatoms. The van der Waals surface area contributed by atoms with Crippen LogP contribution >= 0.6 is 0 Å². The Balaban J connectivity index is 1.20. The Morgan fingerprint density at radius 3 is 1.42 bits per heavy atom. The number of epoxide rings is 2. The second-order valence-corrected chi connectivity index (χ2v) is 9.77. The predicted octanol–water partition coefficient (Wildman–Crippen LogP) is 7.44. The Kier molecular flexibility index (Phi) is 6.50. The van der Waals surface area contributed by atoms with Gasteiger partial charge in [0.1, 0.15) is 12.2 Å². The van der Waals surface area contributed by atoms with Crippen LogP contribution in [0, 0.1) is 25.7 Å². The molecule has 0 saturated carbocycles. The average Bonchev–Trinajstić information content (AvgIpc) is 3.66. The third-order valence-electron chi connectivity index (χ3n) is 7.00. The highest BCUT2D eigenvalue weighted by molar-refractivity contribution is 5.28. The topological polar surface area (TPSA) is 25.1 Å². The van der Waals surface area contributed by atoms with E-state index in [1.807, 2.05) is 0 Å². The summed E-state index contributed by atoms with van der Waals surface area (Å²) in [6, 6.07) is 17.4. The van der Waals surface area contributed by atoms with Crippen molar-refractivity contribution in [1.29, 1.82) is 0 Å². The second kappa shape index (κ2) is 9.14. The molecule has 2 fully saturated rings. The van der Waals surface area contributed by atoms with Crippen LogP contribution in [0.15, 0.2) is 72.8 Å². The minimum atomic E-state index is 0.239. The van der Waals surface area contributed by atoms with Crippen molar-refractivity contribution < 1.29 is 9.47 Å². The Labute approximate surface area is 188 Å². The molecule has 0 spiro atoms. The molecule has 2 nitrogen and oxygen atoms in total. The van der Waals surface area contributed by atoms with E-state index < -0.39 is 0 Å². The van der Waals surface area contributed by atoms with Crippen LogP contribution in [0.1, 0.15) is 67.6 Å². The molecule has 0 radical (unpaired) electrons. The van der Waals surface area contributed by atoms with E-state index in [1.54, 1.807) is 0 Å². The fourth-order valence-corrected chi connectivity index (χ4v) is 4.48. The molecule has 2 aliphatic heterocycles. The van der Waals surface area contributed by atoms with Gasteiger partial charge in [-0.15, -0.1) is 0 Å². The number of benzene rings is 2. The van der Waals surface area contributed by atoms with E-state index in [0.717, 1.165) is 19.3 Å². The van der Waals surface area contributed by atoms with Gasteiger partial charge in [-0.25, -0.2) is 0 Å². The first-order chi connectivity index (χ1) is 14.8. The average molecular weight is 417 g/mol. The summed E-state index contributed by atoms with van der Waals surface area (Å²) in [6.45, 7) is 17.6. The SMILES string of the molecule is C=C(C[C@@H]1O[C@H]1c1ccc(C)cc1)[C@@H](C)C[C@H](C)C(=C)C[C@H]1O[C@@H]1c1ccc(C)cc1. The maximum Gasteiger partial charge on any atom is 0.109 e. The van der Waals surface area contributed by atoms with Crippen LogP contribution in [0.25, 0.3) is 0 Å². The van der Waals surface area contributed by atoms with Crippen LogP contribution in [0.5, 0.6) is 0 Å². The lowest BCUT2D eigenvalue weighted by Crippen LogP contribution is -2.10. The standard InChI is InChI=1S/C29H36O2/c1-18-7-11-24(12-8-18)28-26(30-28)16-22(5)20(3)15-21(4)23(6)17-27-29(31-27)25-13-9-19(2)10-14-25/h7-14,20-21,26-29H,5-6,15-17H2,1-4H3/t20-,21-,26-,27+,28-,29+/m0/s1. The fraction of sp³-hybridized carbons (Fsp3) is 0.448. The predicted molar refractivity (Wildman–Crippen MR) is 128 cm³/mol. The first-order valence-electron chi connectivity index (χ1n) is 11.6. The summed E-state index contributed by atoms with van der Waals surface area (Å²) in [6.07, 6.45) is 4.02. The molecule has 2 aliphatic rings. The molecule has 2 heterocycles. The molecule has 0 aromatic heterocycles. The highest BCUT2D eigenvalue weighted by Gasteiger charge is 2.41. The summed E-state index contributed by atoms with van der Waals surface area (Å²) in [7, 11) is 0. The first kappa shape index (κ1) is 22.0. The molecule has 4 rings (SSSR count). The van der Waals surface area contributed by atoms with Crippen LogP contribution in [-0.2, 0) is 9.47 Å². The van der Waals surface area contributed by atoms with Gasteiger partial charge in [0.15, 0.2) is 0 Å². The zero-order chi connectivity index (χ0) is 22.1. The van der Waals surface area contributed by atoms with Gasteiger partial charge < -0.3 is 9.47 Å². The zero-order valence-electron chi connectivity index (χ0n) is 19.4. The van der Waals surface area contributed by atoms with Crippen molar-refractivity contribution in [3.63, 3.8) is 0 Å². The summed E-state index contributed by atoms with van der Waals surface area (Å²) in [5.41, 5.74) is 7.72.